The molecule has 0 saturated heterocycles. The van der Waals surface area contributed by atoms with Gasteiger partial charge in [-0.3, -0.25) is 9.79 Å². The number of amides is 1. The molecule has 2 aromatic carbocycles. The molecular formula is C22H27IN4O4. The van der Waals surface area contributed by atoms with Crippen molar-refractivity contribution in [3.05, 3.63) is 59.2 Å². The Morgan fingerprint density at radius 3 is 2.68 bits per heavy atom. The molecule has 1 unspecified atom stereocenters. The quantitative estimate of drug-likeness (QED) is 0.227. The zero-order valence-electron chi connectivity index (χ0n) is 17.7. The van der Waals surface area contributed by atoms with E-state index in [2.05, 4.69) is 20.9 Å². The zero-order valence-corrected chi connectivity index (χ0v) is 20.1. The lowest BCUT2D eigenvalue weighted by Gasteiger charge is -2.26. The van der Waals surface area contributed by atoms with Crippen LogP contribution in [0.4, 0.5) is 5.69 Å². The average Bonchev–Trinajstić information content (AvgIpc) is 2.78. The first-order valence-corrected chi connectivity index (χ1v) is 9.64. The molecule has 1 amide bonds. The average molecular weight is 538 g/mol. The van der Waals surface area contributed by atoms with Gasteiger partial charge in [-0.2, -0.15) is 0 Å². The van der Waals surface area contributed by atoms with Gasteiger partial charge in [0.1, 0.15) is 11.3 Å². The van der Waals surface area contributed by atoms with Gasteiger partial charge in [0.2, 0.25) is 5.91 Å². The first-order valence-electron chi connectivity index (χ1n) is 9.64. The summed E-state index contributed by atoms with van der Waals surface area (Å²) in [6, 6.07) is 13.2. The number of nitrogens with zero attached hydrogens (tertiary/aromatic N) is 1. The molecule has 3 N–H and O–H groups in total. The number of guanidine groups is 1. The first kappa shape index (κ1) is 24.4. The second kappa shape index (κ2) is 11.5. The summed E-state index contributed by atoms with van der Waals surface area (Å²) in [7, 11) is 4.53. The van der Waals surface area contributed by atoms with E-state index in [0.29, 0.717) is 36.8 Å². The van der Waals surface area contributed by atoms with E-state index in [1.807, 2.05) is 30.3 Å². The number of methoxy groups -OCH3 is 2. The third kappa shape index (κ3) is 6.09. The van der Waals surface area contributed by atoms with Gasteiger partial charge in [0.05, 0.1) is 14.2 Å². The van der Waals surface area contributed by atoms with Crippen LogP contribution in [0.2, 0.25) is 0 Å². The van der Waals surface area contributed by atoms with E-state index in [4.69, 9.17) is 9.47 Å². The lowest BCUT2D eigenvalue weighted by molar-refractivity contribution is -0.116. The molecule has 1 heterocycles. The van der Waals surface area contributed by atoms with E-state index in [-0.39, 0.29) is 35.8 Å². The van der Waals surface area contributed by atoms with Crippen LogP contribution in [0.5, 0.6) is 5.75 Å². The molecule has 31 heavy (non-hydrogen) atoms. The summed E-state index contributed by atoms with van der Waals surface area (Å²) >= 11 is 0. The molecule has 166 valence electrons. The largest absolute Gasteiger partial charge is 0.496 e. The summed E-state index contributed by atoms with van der Waals surface area (Å²) in [5, 5.41) is 9.42. The molecule has 2 aromatic rings. The van der Waals surface area contributed by atoms with E-state index in [1.165, 1.54) is 14.2 Å². The fourth-order valence-corrected chi connectivity index (χ4v) is 3.44. The van der Waals surface area contributed by atoms with Gasteiger partial charge >= 0.3 is 5.97 Å². The molecule has 3 rings (SSSR count). The van der Waals surface area contributed by atoms with E-state index in [9.17, 15) is 9.59 Å². The molecule has 1 aliphatic heterocycles. The van der Waals surface area contributed by atoms with E-state index >= 15 is 0 Å². The lowest BCUT2D eigenvalue weighted by Crippen LogP contribution is -2.40. The van der Waals surface area contributed by atoms with Crippen LogP contribution in [0.15, 0.2) is 47.5 Å². The Balaban J connectivity index is 0.00000341. The Kier molecular flexibility index (Phi) is 9.10. The number of benzene rings is 2. The van der Waals surface area contributed by atoms with Crippen molar-refractivity contribution in [3.8, 4) is 5.75 Å². The highest BCUT2D eigenvalue weighted by Gasteiger charge is 2.24. The Labute approximate surface area is 198 Å². The zero-order chi connectivity index (χ0) is 21.5. The van der Waals surface area contributed by atoms with Gasteiger partial charge in [-0.15, -0.1) is 24.0 Å². The summed E-state index contributed by atoms with van der Waals surface area (Å²) in [4.78, 5) is 28.2. The number of carbonyl (C=O) groups excluding carboxylic acids is 2. The fourth-order valence-electron chi connectivity index (χ4n) is 3.44. The van der Waals surface area contributed by atoms with E-state index in [1.54, 1.807) is 19.2 Å². The number of esters is 1. The molecule has 0 bridgehead atoms. The number of para-hydroxylation sites is 1. The number of hydrogen-bond acceptors (Lipinski definition) is 5. The van der Waals surface area contributed by atoms with Crippen LogP contribution < -0.4 is 20.7 Å². The third-order valence-corrected chi connectivity index (χ3v) is 4.98. The van der Waals surface area contributed by atoms with Crippen LogP contribution in [0.1, 0.15) is 33.8 Å². The molecule has 0 saturated carbocycles. The van der Waals surface area contributed by atoms with E-state index < -0.39 is 5.97 Å². The van der Waals surface area contributed by atoms with Crippen LogP contribution in [0, 0.1) is 0 Å². The minimum Gasteiger partial charge on any atom is -0.496 e. The highest BCUT2D eigenvalue weighted by Crippen LogP contribution is 2.31. The van der Waals surface area contributed by atoms with Crippen molar-refractivity contribution in [1.82, 2.24) is 10.6 Å². The molecule has 0 fully saturated rings. The number of rotatable bonds is 6. The van der Waals surface area contributed by atoms with Crippen molar-refractivity contribution in [2.24, 2.45) is 4.99 Å². The van der Waals surface area contributed by atoms with Gasteiger partial charge in [-0.1, -0.05) is 24.3 Å². The number of nitrogens with one attached hydrogen (secondary N) is 3. The molecule has 8 nitrogen and oxygen atoms in total. The van der Waals surface area contributed by atoms with Crippen LogP contribution in [-0.2, 0) is 16.1 Å². The third-order valence-electron chi connectivity index (χ3n) is 4.98. The van der Waals surface area contributed by atoms with Gasteiger partial charge in [0.25, 0.3) is 0 Å². The summed E-state index contributed by atoms with van der Waals surface area (Å²) in [6.07, 6.45) is 0.419. The van der Waals surface area contributed by atoms with E-state index in [0.717, 1.165) is 16.8 Å². The first-order chi connectivity index (χ1) is 14.5. The van der Waals surface area contributed by atoms with Crippen molar-refractivity contribution in [1.29, 1.82) is 0 Å². The molecule has 0 aliphatic carbocycles. The lowest BCUT2D eigenvalue weighted by atomic mass is 9.90. The molecule has 0 aromatic heterocycles. The predicted molar refractivity (Wildman–Crippen MR) is 130 cm³/mol. The van der Waals surface area contributed by atoms with Crippen molar-refractivity contribution >= 4 is 47.5 Å². The summed E-state index contributed by atoms with van der Waals surface area (Å²) < 4.78 is 10.0. The van der Waals surface area contributed by atoms with Crippen LogP contribution in [0.3, 0.4) is 0 Å². The second-order valence-corrected chi connectivity index (χ2v) is 6.87. The molecule has 0 radical (unpaired) electrons. The number of halogens is 1. The van der Waals surface area contributed by atoms with Crippen LogP contribution in [0.25, 0.3) is 0 Å². The Morgan fingerprint density at radius 1 is 1.19 bits per heavy atom. The van der Waals surface area contributed by atoms with Crippen molar-refractivity contribution in [2.75, 3.05) is 33.1 Å². The summed E-state index contributed by atoms with van der Waals surface area (Å²) in [6.45, 7) is 1.02. The molecule has 0 spiro atoms. The van der Waals surface area contributed by atoms with Crippen molar-refractivity contribution in [3.63, 3.8) is 0 Å². The monoisotopic (exact) mass is 538 g/mol. The number of hydrogen-bond donors (Lipinski definition) is 3. The smallest absolute Gasteiger partial charge is 0.341 e. The van der Waals surface area contributed by atoms with Gasteiger partial charge in [-0.25, -0.2) is 4.79 Å². The van der Waals surface area contributed by atoms with Crippen molar-refractivity contribution in [2.45, 2.75) is 18.9 Å². The standard InChI is InChI=1S/C22H26N4O4.HI/c1-23-22(24-12-14-8-9-19(29-2)17(10-14)21(28)30-3)25-13-15-11-20(27)26-18-7-5-4-6-16(15)18;/h4-10,15H,11-13H2,1-3H3,(H,26,27)(H2,23,24,25);1H. The number of fused-ring (bicyclic) bond motifs is 1. The van der Waals surface area contributed by atoms with Gasteiger partial charge < -0.3 is 25.4 Å². The molecular weight excluding hydrogens is 511 g/mol. The highest BCUT2D eigenvalue weighted by molar-refractivity contribution is 14.0. The minimum atomic E-state index is -0.453. The fraction of sp³-hybridized carbons (Fsp3) is 0.318. The maximum Gasteiger partial charge on any atom is 0.341 e. The minimum absolute atomic E-state index is 0. The molecule has 1 atom stereocenters. The Morgan fingerprint density at radius 2 is 1.97 bits per heavy atom. The molecule has 1 aliphatic rings. The van der Waals surface area contributed by atoms with Gasteiger partial charge in [0, 0.05) is 38.2 Å². The maximum atomic E-state index is 12.0. The topological polar surface area (TPSA) is 101 Å². The number of ether oxygens (including phenoxy) is 2. The SMILES string of the molecule is CN=C(NCc1ccc(OC)c(C(=O)OC)c1)NCC1CC(=O)Nc2ccccc21.I. The van der Waals surface area contributed by atoms with Gasteiger partial charge in [-0.05, 0) is 29.3 Å². The van der Waals surface area contributed by atoms with Crippen LogP contribution >= 0.6 is 24.0 Å². The van der Waals surface area contributed by atoms with Crippen LogP contribution in [-0.4, -0.2) is 45.6 Å². The highest BCUT2D eigenvalue weighted by atomic mass is 127. The maximum absolute atomic E-state index is 12.0. The second-order valence-electron chi connectivity index (χ2n) is 6.87. The normalized spacial score (nSPS) is 15.1. The number of aliphatic imine (C=N–C) groups is 1. The van der Waals surface area contributed by atoms with Gasteiger partial charge in [0.15, 0.2) is 5.96 Å². The summed E-state index contributed by atoms with van der Waals surface area (Å²) in [5.41, 5.74) is 3.21. The number of carbonyl (C=O) groups is 2. The Bertz CT molecular complexity index is 964. The summed E-state index contributed by atoms with van der Waals surface area (Å²) in [5.74, 6) is 0.680. The Hall–Kier alpha value is -2.82. The predicted octanol–water partition coefficient (Wildman–Crippen LogP) is 2.89. The number of anilines is 1. The molecule has 9 heteroatoms. The van der Waals surface area contributed by atoms with Crippen molar-refractivity contribution < 1.29 is 19.1 Å².